The van der Waals surface area contributed by atoms with Crippen molar-refractivity contribution in [2.24, 2.45) is 0 Å². The van der Waals surface area contributed by atoms with Gasteiger partial charge in [-0.3, -0.25) is 0 Å². The van der Waals surface area contributed by atoms with Crippen LogP contribution in [0.4, 0.5) is 0 Å². The van der Waals surface area contributed by atoms with Gasteiger partial charge in [-0.2, -0.15) is 10.2 Å². The molecule has 0 fully saturated rings. The number of rotatable bonds is 3. The maximum Gasteiger partial charge on any atom is 0.202 e. The lowest BCUT2D eigenvalue weighted by molar-refractivity contribution is 0.241. The summed E-state index contributed by atoms with van der Waals surface area (Å²) in [5.74, 6) is 0.722. The van der Waals surface area contributed by atoms with Crippen LogP contribution in [0.1, 0.15) is 39.3 Å². The summed E-state index contributed by atoms with van der Waals surface area (Å²) in [5, 5.41) is 8.28. The van der Waals surface area contributed by atoms with Gasteiger partial charge in [-0.15, -0.1) is 0 Å². The number of para-hydroxylation sites is 2. The predicted molar refractivity (Wildman–Crippen MR) is 82.1 cm³/mol. The van der Waals surface area contributed by atoms with E-state index in [4.69, 9.17) is 4.42 Å². The van der Waals surface area contributed by atoms with Gasteiger partial charge in [0, 0.05) is 11.6 Å². The molecule has 0 spiro atoms. The third kappa shape index (κ3) is 2.11. The minimum Gasteiger partial charge on any atom is -0.440 e. The molecule has 2 heterocycles. The fourth-order valence-electron chi connectivity index (χ4n) is 2.36. The molecule has 0 bridgehead atoms. The molecule has 0 aliphatic rings. The standard InChI is InChI=1S/C17H19N3O/c1-16(2,14-10-7-11-18-20-14)17(3,4)15-19-12-8-5-6-9-13(12)21-15/h5-11H,1-4H3. The first kappa shape index (κ1) is 13.7. The van der Waals surface area contributed by atoms with E-state index in [0.29, 0.717) is 0 Å². The van der Waals surface area contributed by atoms with E-state index in [1.165, 1.54) is 0 Å². The Morgan fingerprint density at radius 1 is 0.905 bits per heavy atom. The van der Waals surface area contributed by atoms with Crippen LogP contribution in [0.25, 0.3) is 11.1 Å². The van der Waals surface area contributed by atoms with Crippen molar-refractivity contribution < 1.29 is 4.42 Å². The number of oxazole rings is 1. The number of nitrogens with zero attached hydrogens (tertiary/aromatic N) is 3. The molecule has 0 atom stereocenters. The summed E-state index contributed by atoms with van der Waals surface area (Å²) < 4.78 is 5.98. The first-order valence-electron chi connectivity index (χ1n) is 7.07. The maximum absolute atomic E-state index is 5.98. The smallest absolute Gasteiger partial charge is 0.202 e. The van der Waals surface area contributed by atoms with Crippen molar-refractivity contribution in [1.82, 2.24) is 15.2 Å². The second-order valence-electron chi connectivity index (χ2n) is 6.35. The molecule has 3 aromatic rings. The molecule has 4 heteroatoms. The summed E-state index contributed by atoms with van der Waals surface area (Å²) in [6.07, 6.45) is 1.69. The van der Waals surface area contributed by atoms with Gasteiger partial charge < -0.3 is 4.42 Å². The number of hydrogen-bond acceptors (Lipinski definition) is 4. The summed E-state index contributed by atoms with van der Waals surface area (Å²) >= 11 is 0. The van der Waals surface area contributed by atoms with Crippen LogP contribution in [0.15, 0.2) is 47.0 Å². The van der Waals surface area contributed by atoms with Crippen molar-refractivity contribution in [2.45, 2.75) is 38.5 Å². The molecule has 0 amide bonds. The summed E-state index contributed by atoms with van der Waals surface area (Å²) in [6.45, 7) is 8.55. The van der Waals surface area contributed by atoms with Crippen LogP contribution < -0.4 is 0 Å². The largest absolute Gasteiger partial charge is 0.440 e. The Kier molecular flexibility index (Phi) is 3.04. The lowest BCUT2D eigenvalue weighted by atomic mass is 9.66. The van der Waals surface area contributed by atoms with Crippen LogP contribution in [0.2, 0.25) is 0 Å². The molecular weight excluding hydrogens is 262 g/mol. The van der Waals surface area contributed by atoms with Crippen LogP contribution in [-0.2, 0) is 10.8 Å². The molecule has 0 aliphatic heterocycles. The Labute approximate surface area is 124 Å². The van der Waals surface area contributed by atoms with E-state index >= 15 is 0 Å². The zero-order chi connectivity index (χ0) is 15.1. The van der Waals surface area contributed by atoms with E-state index in [9.17, 15) is 0 Å². The van der Waals surface area contributed by atoms with Crippen LogP contribution in [0.3, 0.4) is 0 Å². The van der Waals surface area contributed by atoms with Crippen LogP contribution in [0, 0.1) is 0 Å². The Balaban J connectivity index is 2.10. The molecule has 21 heavy (non-hydrogen) atoms. The molecule has 4 nitrogen and oxygen atoms in total. The maximum atomic E-state index is 5.98. The minimum absolute atomic E-state index is 0.262. The van der Waals surface area contributed by atoms with E-state index in [0.717, 1.165) is 22.7 Å². The monoisotopic (exact) mass is 281 g/mol. The normalized spacial score (nSPS) is 12.8. The summed E-state index contributed by atoms with van der Waals surface area (Å²) in [4.78, 5) is 4.66. The van der Waals surface area contributed by atoms with Gasteiger partial charge >= 0.3 is 0 Å². The van der Waals surface area contributed by atoms with Crippen molar-refractivity contribution in [3.8, 4) is 0 Å². The average molecular weight is 281 g/mol. The van der Waals surface area contributed by atoms with Crippen LogP contribution >= 0.6 is 0 Å². The molecule has 0 saturated carbocycles. The molecule has 3 rings (SSSR count). The molecule has 0 unspecified atom stereocenters. The fraction of sp³-hybridized carbons (Fsp3) is 0.353. The van der Waals surface area contributed by atoms with Crippen molar-refractivity contribution >= 4 is 11.1 Å². The zero-order valence-electron chi connectivity index (χ0n) is 12.8. The van der Waals surface area contributed by atoms with E-state index in [1.807, 2.05) is 36.4 Å². The quantitative estimate of drug-likeness (QED) is 0.731. The molecule has 0 N–H and O–H groups in total. The van der Waals surface area contributed by atoms with Crippen molar-refractivity contribution in [3.63, 3.8) is 0 Å². The first-order valence-corrected chi connectivity index (χ1v) is 7.07. The third-order valence-corrected chi connectivity index (χ3v) is 4.60. The number of hydrogen-bond donors (Lipinski definition) is 0. The molecule has 2 aromatic heterocycles. The SMILES string of the molecule is CC(C)(c1cccnn1)C(C)(C)c1nc2ccccc2o1. The topological polar surface area (TPSA) is 51.8 Å². The van der Waals surface area contributed by atoms with E-state index in [1.54, 1.807) is 6.20 Å². The lowest BCUT2D eigenvalue weighted by Gasteiger charge is -2.38. The van der Waals surface area contributed by atoms with E-state index in [-0.39, 0.29) is 10.8 Å². The van der Waals surface area contributed by atoms with Gasteiger partial charge in [-0.25, -0.2) is 4.98 Å². The molecule has 0 radical (unpaired) electrons. The summed E-state index contributed by atoms with van der Waals surface area (Å²) in [5.41, 5.74) is 2.05. The Hall–Kier alpha value is -2.23. The van der Waals surface area contributed by atoms with Crippen molar-refractivity contribution in [3.05, 3.63) is 54.2 Å². The fourth-order valence-corrected chi connectivity index (χ4v) is 2.36. The van der Waals surface area contributed by atoms with Gasteiger partial charge in [-0.1, -0.05) is 39.8 Å². The molecule has 0 saturated heterocycles. The Morgan fingerprint density at radius 2 is 1.67 bits per heavy atom. The summed E-state index contributed by atoms with van der Waals surface area (Å²) in [7, 11) is 0. The van der Waals surface area contributed by atoms with Gasteiger partial charge in [0.1, 0.15) is 5.52 Å². The Morgan fingerprint density at radius 3 is 2.33 bits per heavy atom. The second-order valence-corrected chi connectivity index (χ2v) is 6.35. The van der Waals surface area contributed by atoms with Gasteiger partial charge in [0.25, 0.3) is 0 Å². The highest BCUT2D eigenvalue weighted by Gasteiger charge is 2.44. The summed E-state index contributed by atoms with van der Waals surface area (Å²) in [6, 6.07) is 11.7. The highest BCUT2D eigenvalue weighted by molar-refractivity contribution is 5.72. The van der Waals surface area contributed by atoms with Crippen LogP contribution in [-0.4, -0.2) is 15.2 Å². The second kappa shape index (κ2) is 4.65. The zero-order valence-corrected chi connectivity index (χ0v) is 12.8. The number of aromatic nitrogens is 3. The number of benzene rings is 1. The number of fused-ring (bicyclic) bond motifs is 1. The minimum atomic E-state index is -0.317. The molecule has 1 aromatic carbocycles. The van der Waals surface area contributed by atoms with E-state index in [2.05, 4.69) is 42.9 Å². The molecule has 108 valence electrons. The first-order chi connectivity index (χ1) is 9.93. The van der Waals surface area contributed by atoms with E-state index < -0.39 is 0 Å². The highest BCUT2D eigenvalue weighted by Crippen LogP contribution is 2.43. The van der Waals surface area contributed by atoms with Gasteiger partial charge in [0.05, 0.1) is 11.1 Å². The highest BCUT2D eigenvalue weighted by atomic mass is 16.3. The predicted octanol–water partition coefficient (Wildman–Crippen LogP) is 3.87. The van der Waals surface area contributed by atoms with Crippen LogP contribution in [0.5, 0.6) is 0 Å². The Bertz CT molecular complexity index is 727. The van der Waals surface area contributed by atoms with Gasteiger partial charge in [0.2, 0.25) is 5.89 Å². The van der Waals surface area contributed by atoms with Crippen molar-refractivity contribution in [2.75, 3.05) is 0 Å². The van der Waals surface area contributed by atoms with Gasteiger partial charge in [0.15, 0.2) is 5.58 Å². The third-order valence-electron chi connectivity index (χ3n) is 4.60. The van der Waals surface area contributed by atoms with Crippen molar-refractivity contribution in [1.29, 1.82) is 0 Å². The average Bonchev–Trinajstić information content (AvgIpc) is 2.92. The lowest BCUT2D eigenvalue weighted by Crippen LogP contribution is -2.41. The van der Waals surface area contributed by atoms with Gasteiger partial charge in [-0.05, 0) is 24.3 Å². The molecular formula is C17H19N3O. The molecule has 0 aliphatic carbocycles.